The predicted octanol–water partition coefficient (Wildman–Crippen LogP) is 1.42. The van der Waals surface area contributed by atoms with E-state index >= 15 is 0 Å². The van der Waals surface area contributed by atoms with Gasteiger partial charge in [-0.1, -0.05) is 6.08 Å². The maximum absolute atomic E-state index is 10.1. The van der Waals surface area contributed by atoms with E-state index in [2.05, 4.69) is 5.32 Å². The molecule has 4 nitrogen and oxygen atoms in total. The summed E-state index contributed by atoms with van der Waals surface area (Å²) in [5.41, 5.74) is 0. The molecule has 0 radical (unpaired) electrons. The van der Waals surface area contributed by atoms with Crippen LogP contribution in [0.4, 0.5) is 0 Å². The number of aliphatic carboxylic acids is 1. The first kappa shape index (κ1) is 14.1. The Morgan fingerprint density at radius 3 is 2.80 bits per heavy atom. The van der Waals surface area contributed by atoms with E-state index in [1.807, 2.05) is 13.8 Å². The third-order valence-electron chi connectivity index (χ3n) is 1.72. The first-order valence-electron chi connectivity index (χ1n) is 5.34. The summed E-state index contributed by atoms with van der Waals surface area (Å²) in [7, 11) is 0. The van der Waals surface area contributed by atoms with Crippen LogP contribution in [-0.2, 0) is 9.53 Å². The fourth-order valence-electron chi connectivity index (χ4n) is 1.02. The van der Waals surface area contributed by atoms with Crippen molar-refractivity contribution in [3.05, 3.63) is 12.2 Å². The molecule has 88 valence electrons. The van der Waals surface area contributed by atoms with E-state index in [0.717, 1.165) is 32.1 Å². The highest BCUT2D eigenvalue weighted by Gasteiger charge is 1.92. The molecule has 0 saturated heterocycles. The van der Waals surface area contributed by atoms with Crippen molar-refractivity contribution < 1.29 is 14.6 Å². The van der Waals surface area contributed by atoms with Gasteiger partial charge in [0.05, 0.1) is 6.10 Å². The normalized spacial score (nSPS) is 11.4. The van der Waals surface area contributed by atoms with Gasteiger partial charge in [-0.2, -0.15) is 0 Å². The SMILES string of the molecule is CC(C)OCCCCNC/C=C/C(=O)O. The molecule has 4 heteroatoms. The van der Waals surface area contributed by atoms with Gasteiger partial charge in [0.2, 0.25) is 0 Å². The maximum Gasteiger partial charge on any atom is 0.328 e. The molecule has 0 rings (SSSR count). The standard InChI is InChI=1S/C11H21NO3/c1-10(2)15-9-4-3-7-12-8-5-6-11(13)14/h5-6,10,12H,3-4,7-9H2,1-2H3,(H,13,14)/b6-5+. The van der Waals surface area contributed by atoms with E-state index in [1.54, 1.807) is 6.08 Å². The van der Waals surface area contributed by atoms with Crippen LogP contribution in [0.2, 0.25) is 0 Å². The van der Waals surface area contributed by atoms with Crippen LogP contribution in [0.25, 0.3) is 0 Å². The zero-order valence-electron chi connectivity index (χ0n) is 9.53. The molecular formula is C11H21NO3. The summed E-state index contributed by atoms with van der Waals surface area (Å²) in [6.07, 6.45) is 5.14. The molecule has 0 heterocycles. The minimum absolute atomic E-state index is 0.302. The Labute approximate surface area is 91.3 Å². The molecular weight excluding hydrogens is 194 g/mol. The zero-order valence-corrected chi connectivity index (χ0v) is 9.53. The average Bonchev–Trinajstić information content (AvgIpc) is 2.14. The molecule has 0 saturated carbocycles. The summed E-state index contributed by atoms with van der Waals surface area (Å²) in [5.74, 6) is -0.901. The molecule has 0 aliphatic carbocycles. The zero-order chi connectivity index (χ0) is 11.5. The van der Waals surface area contributed by atoms with Crippen molar-refractivity contribution >= 4 is 5.97 Å². The summed E-state index contributed by atoms with van der Waals surface area (Å²) in [4.78, 5) is 10.1. The van der Waals surface area contributed by atoms with Crippen LogP contribution in [0.1, 0.15) is 26.7 Å². The Balaban J connectivity index is 3.08. The van der Waals surface area contributed by atoms with E-state index in [9.17, 15) is 4.79 Å². The van der Waals surface area contributed by atoms with Gasteiger partial charge in [-0.3, -0.25) is 0 Å². The molecule has 0 aromatic rings. The Bertz CT molecular complexity index is 190. The van der Waals surface area contributed by atoms with Crippen molar-refractivity contribution in [2.45, 2.75) is 32.8 Å². The van der Waals surface area contributed by atoms with Crippen molar-refractivity contribution in [3.8, 4) is 0 Å². The number of unbranched alkanes of at least 4 members (excludes halogenated alkanes) is 1. The lowest BCUT2D eigenvalue weighted by Gasteiger charge is -2.06. The second-order valence-electron chi connectivity index (χ2n) is 3.57. The number of carboxylic acids is 1. The van der Waals surface area contributed by atoms with Crippen molar-refractivity contribution in [2.24, 2.45) is 0 Å². The predicted molar refractivity (Wildman–Crippen MR) is 60.0 cm³/mol. The van der Waals surface area contributed by atoms with E-state index in [4.69, 9.17) is 9.84 Å². The maximum atomic E-state index is 10.1. The van der Waals surface area contributed by atoms with Gasteiger partial charge in [-0.25, -0.2) is 4.79 Å². The average molecular weight is 215 g/mol. The molecule has 0 aromatic heterocycles. The van der Waals surface area contributed by atoms with Crippen LogP contribution in [0.15, 0.2) is 12.2 Å². The second kappa shape index (κ2) is 9.68. The lowest BCUT2D eigenvalue weighted by Crippen LogP contribution is -2.16. The summed E-state index contributed by atoms with van der Waals surface area (Å²) in [5, 5.41) is 11.4. The molecule has 0 spiro atoms. The fourth-order valence-corrected chi connectivity index (χ4v) is 1.02. The Hall–Kier alpha value is -0.870. The first-order chi connectivity index (χ1) is 7.13. The molecule has 2 N–H and O–H groups in total. The first-order valence-corrected chi connectivity index (χ1v) is 5.34. The third-order valence-corrected chi connectivity index (χ3v) is 1.72. The topological polar surface area (TPSA) is 58.6 Å². The molecule has 0 fully saturated rings. The number of nitrogens with one attached hydrogen (secondary N) is 1. The minimum atomic E-state index is -0.901. The highest BCUT2D eigenvalue weighted by molar-refractivity contribution is 5.79. The van der Waals surface area contributed by atoms with Gasteiger partial charge in [0.15, 0.2) is 0 Å². The Morgan fingerprint density at radius 1 is 1.47 bits per heavy atom. The molecule has 15 heavy (non-hydrogen) atoms. The molecule has 0 aromatic carbocycles. The Morgan fingerprint density at radius 2 is 2.20 bits per heavy atom. The van der Waals surface area contributed by atoms with Gasteiger partial charge in [0, 0.05) is 19.2 Å². The monoisotopic (exact) mass is 215 g/mol. The van der Waals surface area contributed by atoms with Crippen molar-refractivity contribution in [1.82, 2.24) is 5.32 Å². The fraction of sp³-hybridized carbons (Fsp3) is 0.727. The summed E-state index contributed by atoms with van der Waals surface area (Å²) in [6.45, 7) is 6.34. The Kier molecular flexibility index (Phi) is 9.11. The van der Waals surface area contributed by atoms with Crippen LogP contribution < -0.4 is 5.32 Å². The van der Waals surface area contributed by atoms with Crippen LogP contribution in [0.5, 0.6) is 0 Å². The summed E-state index contributed by atoms with van der Waals surface area (Å²) in [6, 6.07) is 0. The van der Waals surface area contributed by atoms with E-state index in [1.165, 1.54) is 0 Å². The molecule has 0 amide bonds. The number of carbonyl (C=O) groups is 1. The number of hydrogen-bond donors (Lipinski definition) is 2. The van der Waals surface area contributed by atoms with Gasteiger partial charge < -0.3 is 15.2 Å². The van der Waals surface area contributed by atoms with Gasteiger partial charge in [-0.15, -0.1) is 0 Å². The van der Waals surface area contributed by atoms with Crippen LogP contribution in [-0.4, -0.2) is 36.9 Å². The minimum Gasteiger partial charge on any atom is -0.478 e. The third kappa shape index (κ3) is 13.1. The lowest BCUT2D eigenvalue weighted by molar-refractivity contribution is -0.131. The molecule has 0 unspecified atom stereocenters. The number of hydrogen-bond acceptors (Lipinski definition) is 3. The van der Waals surface area contributed by atoms with Crippen LogP contribution >= 0.6 is 0 Å². The van der Waals surface area contributed by atoms with Gasteiger partial charge in [0.25, 0.3) is 0 Å². The quantitative estimate of drug-likeness (QED) is 0.451. The second-order valence-corrected chi connectivity index (χ2v) is 3.57. The summed E-state index contributed by atoms with van der Waals surface area (Å²) >= 11 is 0. The van der Waals surface area contributed by atoms with Crippen molar-refractivity contribution in [1.29, 1.82) is 0 Å². The number of ether oxygens (including phenoxy) is 1. The van der Waals surface area contributed by atoms with E-state index < -0.39 is 5.97 Å². The molecule has 0 atom stereocenters. The molecule has 0 aliphatic heterocycles. The van der Waals surface area contributed by atoms with E-state index in [0.29, 0.717) is 12.6 Å². The number of rotatable bonds is 9. The van der Waals surface area contributed by atoms with Crippen LogP contribution in [0, 0.1) is 0 Å². The number of carboxylic acid groups (broad SMARTS) is 1. The van der Waals surface area contributed by atoms with E-state index in [-0.39, 0.29) is 0 Å². The molecule has 0 aliphatic rings. The van der Waals surface area contributed by atoms with Gasteiger partial charge in [0.1, 0.15) is 0 Å². The molecule has 0 bridgehead atoms. The highest BCUT2D eigenvalue weighted by atomic mass is 16.5. The van der Waals surface area contributed by atoms with Gasteiger partial charge in [-0.05, 0) is 33.2 Å². The lowest BCUT2D eigenvalue weighted by atomic mass is 10.3. The van der Waals surface area contributed by atoms with Crippen molar-refractivity contribution in [3.63, 3.8) is 0 Å². The van der Waals surface area contributed by atoms with Crippen molar-refractivity contribution in [2.75, 3.05) is 19.7 Å². The summed E-state index contributed by atoms with van der Waals surface area (Å²) < 4.78 is 5.38. The largest absolute Gasteiger partial charge is 0.478 e. The smallest absolute Gasteiger partial charge is 0.328 e. The van der Waals surface area contributed by atoms with Gasteiger partial charge >= 0.3 is 5.97 Å². The highest BCUT2D eigenvalue weighted by Crippen LogP contribution is 1.93. The van der Waals surface area contributed by atoms with Crippen LogP contribution in [0.3, 0.4) is 0 Å².